The van der Waals surface area contributed by atoms with E-state index < -0.39 is 12.0 Å². The van der Waals surface area contributed by atoms with E-state index in [9.17, 15) is 9.59 Å². The molecule has 2 amide bonds. The van der Waals surface area contributed by atoms with Gasteiger partial charge in [-0.05, 0) is 13.8 Å². The first-order valence-electron chi connectivity index (χ1n) is 3.92. The Labute approximate surface area is 76.9 Å². The molecule has 0 rings (SSSR count). The summed E-state index contributed by atoms with van der Waals surface area (Å²) >= 11 is 0. The van der Waals surface area contributed by atoms with Gasteiger partial charge >= 0.3 is 12.0 Å². The molecule has 0 fully saturated rings. The summed E-state index contributed by atoms with van der Waals surface area (Å²) in [4.78, 5) is 21.2. The summed E-state index contributed by atoms with van der Waals surface area (Å²) < 4.78 is 0. The first-order chi connectivity index (χ1) is 5.91. The molecular weight excluding hydrogens is 174 g/mol. The van der Waals surface area contributed by atoms with Gasteiger partial charge in [0.05, 0.1) is 0 Å². The van der Waals surface area contributed by atoms with E-state index in [-0.39, 0.29) is 12.6 Å². The molecule has 6 heteroatoms. The fraction of sp³-hybridized carbons (Fsp3) is 0.714. The quantitative estimate of drug-likeness (QED) is 0.527. The van der Waals surface area contributed by atoms with Crippen molar-refractivity contribution in [3.8, 4) is 0 Å². The zero-order valence-corrected chi connectivity index (χ0v) is 8.00. The van der Waals surface area contributed by atoms with E-state index in [1.54, 1.807) is 0 Å². The Hall–Kier alpha value is -1.30. The highest BCUT2D eigenvalue weighted by molar-refractivity contribution is 5.74. The Bertz CT molecular complexity index is 193. The normalized spacial score (nSPS) is 10.2. The van der Waals surface area contributed by atoms with E-state index in [4.69, 9.17) is 5.11 Å². The monoisotopic (exact) mass is 189 g/mol. The minimum atomic E-state index is -0.993. The highest BCUT2D eigenvalue weighted by atomic mass is 16.4. The zero-order chi connectivity index (χ0) is 10.4. The number of rotatable bonds is 4. The Balaban J connectivity index is 3.71. The summed E-state index contributed by atoms with van der Waals surface area (Å²) in [6, 6.07) is -0.378. The molecule has 0 saturated heterocycles. The second-order valence-corrected chi connectivity index (χ2v) is 2.99. The maximum atomic E-state index is 11.0. The van der Waals surface area contributed by atoms with Crippen molar-refractivity contribution in [3.63, 3.8) is 0 Å². The van der Waals surface area contributed by atoms with E-state index in [2.05, 4.69) is 10.7 Å². The Morgan fingerprint density at radius 3 is 2.38 bits per heavy atom. The van der Waals surface area contributed by atoms with Crippen LogP contribution in [0.25, 0.3) is 0 Å². The van der Waals surface area contributed by atoms with E-state index in [1.165, 1.54) is 12.1 Å². The van der Waals surface area contributed by atoms with Crippen LogP contribution < -0.4 is 10.7 Å². The number of carboxylic acid groups (broad SMARTS) is 1. The molecular formula is C7H15N3O3. The van der Waals surface area contributed by atoms with Crippen LogP contribution in [0.5, 0.6) is 0 Å². The third kappa shape index (κ3) is 7.07. The van der Waals surface area contributed by atoms with E-state index in [0.717, 1.165) is 0 Å². The molecule has 0 aliphatic heterocycles. The average Bonchev–Trinajstić information content (AvgIpc) is 1.80. The molecule has 76 valence electrons. The van der Waals surface area contributed by atoms with Crippen LogP contribution in [0.3, 0.4) is 0 Å². The van der Waals surface area contributed by atoms with Crippen molar-refractivity contribution in [2.75, 3.05) is 13.6 Å². The molecule has 0 atom stereocenters. The molecule has 13 heavy (non-hydrogen) atoms. The maximum absolute atomic E-state index is 11.0. The van der Waals surface area contributed by atoms with Crippen molar-refractivity contribution in [1.82, 2.24) is 15.8 Å². The molecule has 0 aromatic heterocycles. The van der Waals surface area contributed by atoms with Gasteiger partial charge in [0.2, 0.25) is 0 Å². The van der Waals surface area contributed by atoms with Crippen LogP contribution in [0.4, 0.5) is 4.79 Å². The van der Waals surface area contributed by atoms with Crippen molar-refractivity contribution in [2.24, 2.45) is 0 Å². The van der Waals surface area contributed by atoms with Gasteiger partial charge in [-0.2, -0.15) is 0 Å². The molecule has 0 aliphatic carbocycles. The number of hydrogen-bond acceptors (Lipinski definition) is 3. The number of carboxylic acids is 1. The number of amides is 2. The number of hydrazine groups is 1. The lowest BCUT2D eigenvalue weighted by atomic mass is 10.4. The lowest BCUT2D eigenvalue weighted by Gasteiger charge is -2.17. The summed E-state index contributed by atoms with van der Waals surface area (Å²) in [6.07, 6.45) is 0. The largest absolute Gasteiger partial charge is 0.480 e. The zero-order valence-electron chi connectivity index (χ0n) is 8.00. The number of carbonyl (C=O) groups excluding carboxylic acids is 1. The Morgan fingerprint density at radius 2 is 2.00 bits per heavy atom. The minimum absolute atomic E-state index is 0.0261. The van der Waals surface area contributed by atoms with Gasteiger partial charge in [0.25, 0.3) is 0 Å². The van der Waals surface area contributed by atoms with Gasteiger partial charge in [-0.15, -0.1) is 0 Å². The van der Waals surface area contributed by atoms with Crippen LogP contribution in [-0.2, 0) is 4.79 Å². The number of likely N-dealkylation sites (N-methyl/N-ethyl adjacent to an activating group) is 1. The SMILES string of the molecule is CC(C)NC(=O)NN(C)CC(=O)O. The summed E-state index contributed by atoms with van der Waals surface area (Å²) in [5.74, 6) is -0.993. The number of nitrogens with one attached hydrogen (secondary N) is 2. The number of hydrogen-bond donors (Lipinski definition) is 3. The van der Waals surface area contributed by atoms with Crippen LogP contribution >= 0.6 is 0 Å². The fourth-order valence-electron chi connectivity index (χ4n) is 0.710. The molecule has 0 unspecified atom stereocenters. The number of carbonyl (C=O) groups is 2. The molecule has 0 spiro atoms. The molecule has 0 saturated carbocycles. The lowest BCUT2D eigenvalue weighted by Crippen LogP contribution is -2.48. The van der Waals surface area contributed by atoms with Crippen LogP contribution in [0.1, 0.15) is 13.8 Å². The number of urea groups is 1. The smallest absolute Gasteiger partial charge is 0.329 e. The number of aliphatic carboxylic acids is 1. The Morgan fingerprint density at radius 1 is 1.46 bits per heavy atom. The molecule has 6 nitrogen and oxygen atoms in total. The van der Waals surface area contributed by atoms with Gasteiger partial charge in [-0.3, -0.25) is 10.2 Å². The average molecular weight is 189 g/mol. The van der Waals surface area contributed by atoms with Crippen LogP contribution in [-0.4, -0.2) is 41.8 Å². The standard InChI is InChI=1S/C7H15N3O3/c1-5(2)8-7(13)9-10(3)4-6(11)12/h5H,4H2,1-3H3,(H,11,12)(H2,8,9,13). The molecule has 0 radical (unpaired) electrons. The third-order valence-corrected chi connectivity index (χ3v) is 1.08. The van der Waals surface area contributed by atoms with Crippen molar-refractivity contribution < 1.29 is 14.7 Å². The summed E-state index contributed by atoms with van der Waals surface area (Å²) in [6.45, 7) is 3.40. The van der Waals surface area contributed by atoms with Gasteiger partial charge in [0.1, 0.15) is 6.54 Å². The van der Waals surface area contributed by atoms with Crippen molar-refractivity contribution in [2.45, 2.75) is 19.9 Å². The molecule has 0 aromatic rings. The molecule has 0 heterocycles. The Kier molecular flexibility index (Phi) is 4.83. The topological polar surface area (TPSA) is 81.7 Å². The number of nitrogens with zero attached hydrogens (tertiary/aromatic N) is 1. The third-order valence-electron chi connectivity index (χ3n) is 1.08. The first-order valence-corrected chi connectivity index (χ1v) is 3.92. The van der Waals surface area contributed by atoms with Crippen LogP contribution in [0.2, 0.25) is 0 Å². The van der Waals surface area contributed by atoms with Gasteiger partial charge in [0.15, 0.2) is 0 Å². The highest BCUT2D eigenvalue weighted by Gasteiger charge is 2.07. The van der Waals surface area contributed by atoms with Crippen molar-refractivity contribution >= 4 is 12.0 Å². The van der Waals surface area contributed by atoms with Crippen molar-refractivity contribution in [1.29, 1.82) is 0 Å². The molecule has 0 bridgehead atoms. The van der Waals surface area contributed by atoms with Crippen LogP contribution in [0.15, 0.2) is 0 Å². The van der Waals surface area contributed by atoms with Crippen molar-refractivity contribution in [3.05, 3.63) is 0 Å². The molecule has 0 aromatic carbocycles. The predicted molar refractivity (Wildman–Crippen MR) is 47.1 cm³/mol. The molecule has 3 N–H and O–H groups in total. The second-order valence-electron chi connectivity index (χ2n) is 2.99. The summed E-state index contributed by atoms with van der Waals surface area (Å²) in [5.41, 5.74) is 2.34. The van der Waals surface area contributed by atoms with E-state index >= 15 is 0 Å². The fourth-order valence-corrected chi connectivity index (χ4v) is 0.710. The van der Waals surface area contributed by atoms with E-state index in [1.807, 2.05) is 13.8 Å². The van der Waals surface area contributed by atoms with Crippen LogP contribution in [0, 0.1) is 0 Å². The van der Waals surface area contributed by atoms with Gasteiger partial charge in [-0.25, -0.2) is 9.80 Å². The van der Waals surface area contributed by atoms with Gasteiger partial charge < -0.3 is 10.4 Å². The summed E-state index contributed by atoms with van der Waals surface area (Å²) in [5, 5.41) is 12.1. The molecule has 0 aliphatic rings. The second kappa shape index (κ2) is 5.36. The van der Waals surface area contributed by atoms with E-state index in [0.29, 0.717) is 0 Å². The lowest BCUT2D eigenvalue weighted by molar-refractivity contribution is -0.138. The first kappa shape index (κ1) is 11.7. The maximum Gasteiger partial charge on any atom is 0.329 e. The highest BCUT2D eigenvalue weighted by Crippen LogP contribution is 1.79. The predicted octanol–water partition coefficient (Wildman–Crippen LogP) is -0.375. The van der Waals surface area contributed by atoms with Gasteiger partial charge in [-0.1, -0.05) is 0 Å². The minimum Gasteiger partial charge on any atom is -0.480 e. The van der Waals surface area contributed by atoms with Gasteiger partial charge in [0, 0.05) is 13.1 Å². The summed E-state index contributed by atoms with van der Waals surface area (Å²) in [7, 11) is 1.48.